The van der Waals surface area contributed by atoms with Gasteiger partial charge in [-0.05, 0) is 37.3 Å². The van der Waals surface area contributed by atoms with Crippen molar-refractivity contribution in [2.45, 2.75) is 6.92 Å². The third-order valence-corrected chi connectivity index (χ3v) is 5.27. The molecular weight excluding hydrogens is 419 g/mol. The average molecular weight is 433 g/mol. The van der Waals surface area contributed by atoms with Crippen LogP contribution in [0.4, 0.5) is 5.13 Å². The number of ether oxygens (including phenoxy) is 1. The van der Waals surface area contributed by atoms with Crippen molar-refractivity contribution < 1.29 is 13.9 Å². The maximum absolute atomic E-state index is 12.6. The van der Waals surface area contributed by atoms with Gasteiger partial charge in [0.15, 0.2) is 22.2 Å². The number of hydrogen-bond acceptors (Lipinski definition) is 5. The molecular formula is C20H14Cl2N2O3S. The Morgan fingerprint density at radius 3 is 2.89 bits per heavy atom. The smallest absolute Gasteiger partial charge is 0.293 e. The molecule has 8 heteroatoms. The Balaban J connectivity index is 1.57. The van der Waals surface area contributed by atoms with Crippen LogP contribution < -0.4 is 10.1 Å². The molecule has 142 valence electrons. The maximum atomic E-state index is 12.6. The topological polar surface area (TPSA) is 64.4 Å². The Kier molecular flexibility index (Phi) is 5.26. The molecule has 2 heterocycles. The van der Waals surface area contributed by atoms with Crippen molar-refractivity contribution in [3.05, 3.63) is 63.7 Å². The number of nitrogens with zero attached hydrogens (tertiary/aromatic N) is 1. The van der Waals surface area contributed by atoms with Crippen molar-refractivity contribution in [3.63, 3.8) is 0 Å². The average Bonchev–Trinajstić information content (AvgIpc) is 3.29. The molecule has 0 unspecified atom stereocenters. The second kappa shape index (κ2) is 7.83. The normalized spacial score (nSPS) is 11.0. The highest BCUT2D eigenvalue weighted by Gasteiger charge is 2.17. The Labute approximate surface area is 174 Å². The quantitative estimate of drug-likeness (QED) is 0.390. The largest absolute Gasteiger partial charge is 0.490 e. The maximum Gasteiger partial charge on any atom is 0.293 e. The lowest BCUT2D eigenvalue weighted by Crippen LogP contribution is -2.10. The standard InChI is InChI=1S/C20H14Cl2N2O3S/c1-2-26-16-5-3-4-11-8-17(27-18(11)16)19(25)24-20-23-15(10-28-20)13-7-6-12(21)9-14(13)22/h3-10H,2H2,1H3,(H,23,24,25). The van der Waals surface area contributed by atoms with E-state index in [0.717, 1.165) is 10.9 Å². The van der Waals surface area contributed by atoms with Crippen molar-refractivity contribution in [3.8, 4) is 17.0 Å². The van der Waals surface area contributed by atoms with Crippen molar-refractivity contribution >= 4 is 56.5 Å². The van der Waals surface area contributed by atoms with E-state index in [2.05, 4.69) is 10.3 Å². The van der Waals surface area contributed by atoms with Crippen LogP contribution in [0.25, 0.3) is 22.2 Å². The summed E-state index contributed by atoms with van der Waals surface area (Å²) in [5, 5.41) is 6.86. The molecule has 0 aliphatic carbocycles. The number of carbonyl (C=O) groups is 1. The lowest BCUT2D eigenvalue weighted by molar-refractivity contribution is 0.0998. The number of thiazole rings is 1. The summed E-state index contributed by atoms with van der Waals surface area (Å²) in [5.41, 5.74) is 1.94. The molecule has 0 saturated heterocycles. The molecule has 5 nitrogen and oxygen atoms in total. The molecule has 0 fully saturated rings. The predicted molar refractivity (Wildman–Crippen MR) is 113 cm³/mol. The summed E-state index contributed by atoms with van der Waals surface area (Å²) in [6.07, 6.45) is 0. The monoisotopic (exact) mass is 432 g/mol. The van der Waals surface area contributed by atoms with Gasteiger partial charge in [-0.2, -0.15) is 0 Å². The van der Waals surface area contributed by atoms with Crippen LogP contribution in [0.1, 0.15) is 17.5 Å². The van der Waals surface area contributed by atoms with Crippen LogP contribution in [0.5, 0.6) is 5.75 Å². The first kappa shape index (κ1) is 18.8. The summed E-state index contributed by atoms with van der Waals surface area (Å²) >= 11 is 13.5. The summed E-state index contributed by atoms with van der Waals surface area (Å²) in [7, 11) is 0. The van der Waals surface area contributed by atoms with Gasteiger partial charge in [0.25, 0.3) is 5.91 Å². The minimum Gasteiger partial charge on any atom is -0.490 e. The van der Waals surface area contributed by atoms with Crippen LogP contribution in [-0.2, 0) is 0 Å². The molecule has 4 aromatic rings. The molecule has 0 radical (unpaired) electrons. The van der Waals surface area contributed by atoms with Crippen LogP contribution in [0.3, 0.4) is 0 Å². The van der Waals surface area contributed by atoms with Gasteiger partial charge in [0.05, 0.1) is 17.3 Å². The summed E-state index contributed by atoms with van der Waals surface area (Å²) in [6, 6.07) is 12.4. The number of benzene rings is 2. The van der Waals surface area contributed by atoms with Crippen LogP contribution >= 0.6 is 34.5 Å². The van der Waals surface area contributed by atoms with Crippen molar-refractivity contribution in [2.75, 3.05) is 11.9 Å². The zero-order chi connectivity index (χ0) is 19.7. The highest BCUT2D eigenvalue weighted by molar-refractivity contribution is 7.14. The van der Waals surface area contributed by atoms with Crippen molar-refractivity contribution in [1.29, 1.82) is 0 Å². The van der Waals surface area contributed by atoms with E-state index in [1.807, 2.05) is 24.4 Å². The second-order valence-corrected chi connectivity index (χ2v) is 7.54. The third-order valence-electron chi connectivity index (χ3n) is 3.96. The zero-order valence-corrected chi connectivity index (χ0v) is 17.0. The fourth-order valence-electron chi connectivity index (χ4n) is 2.73. The first-order valence-corrected chi connectivity index (χ1v) is 10.1. The lowest BCUT2D eigenvalue weighted by atomic mass is 10.2. The number of carbonyl (C=O) groups excluding carboxylic acids is 1. The number of hydrogen-bond donors (Lipinski definition) is 1. The summed E-state index contributed by atoms with van der Waals surface area (Å²) in [5.74, 6) is 0.401. The number of nitrogens with one attached hydrogen (secondary N) is 1. The van der Waals surface area contributed by atoms with Gasteiger partial charge in [0.2, 0.25) is 0 Å². The number of aromatic nitrogens is 1. The SMILES string of the molecule is CCOc1cccc2cc(C(=O)Nc3nc(-c4ccc(Cl)cc4Cl)cs3)oc12. The van der Waals surface area contributed by atoms with Gasteiger partial charge < -0.3 is 9.15 Å². The fourth-order valence-corrected chi connectivity index (χ4v) is 3.94. The Bertz CT molecular complexity index is 1170. The van der Waals surface area contributed by atoms with Crippen molar-refractivity contribution in [2.24, 2.45) is 0 Å². The Morgan fingerprint density at radius 1 is 1.25 bits per heavy atom. The molecule has 0 aliphatic rings. The van der Waals surface area contributed by atoms with Gasteiger partial charge in [-0.15, -0.1) is 11.3 Å². The van der Waals surface area contributed by atoms with E-state index in [1.165, 1.54) is 11.3 Å². The summed E-state index contributed by atoms with van der Waals surface area (Å²) in [4.78, 5) is 17.0. The number of amides is 1. The molecule has 0 bridgehead atoms. The van der Waals surface area contributed by atoms with Gasteiger partial charge in [-0.25, -0.2) is 4.98 Å². The highest BCUT2D eigenvalue weighted by Crippen LogP contribution is 2.33. The number of anilines is 1. The predicted octanol–water partition coefficient (Wildman–Crippen LogP) is 6.51. The third kappa shape index (κ3) is 3.71. The molecule has 2 aromatic heterocycles. The Morgan fingerprint density at radius 2 is 2.11 bits per heavy atom. The first-order valence-electron chi connectivity index (χ1n) is 8.43. The van der Waals surface area contributed by atoms with Gasteiger partial charge in [-0.1, -0.05) is 35.3 Å². The van der Waals surface area contributed by atoms with Crippen LogP contribution in [0, 0.1) is 0 Å². The van der Waals surface area contributed by atoms with E-state index >= 15 is 0 Å². The van der Waals surface area contributed by atoms with E-state index in [1.54, 1.807) is 30.3 Å². The van der Waals surface area contributed by atoms with E-state index in [4.69, 9.17) is 32.4 Å². The van der Waals surface area contributed by atoms with Gasteiger partial charge in [-0.3, -0.25) is 10.1 Å². The molecule has 4 rings (SSSR count). The molecule has 0 spiro atoms. The molecule has 0 aliphatic heterocycles. The molecule has 0 saturated carbocycles. The zero-order valence-electron chi connectivity index (χ0n) is 14.7. The lowest BCUT2D eigenvalue weighted by Gasteiger charge is -2.02. The number of halogens is 2. The molecule has 28 heavy (non-hydrogen) atoms. The van der Waals surface area contributed by atoms with E-state index in [0.29, 0.717) is 38.8 Å². The van der Waals surface area contributed by atoms with Gasteiger partial charge in [0, 0.05) is 21.4 Å². The number of para-hydroxylation sites is 1. The van der Waals surface area contributed by atoms with E-state index in [-0.39, 0.29) is 11.7 Å². The summed E-state index contributed by atoms with van der Waals surface area (Å²) < 4.78 is 11.3. The number of furan rings is 1. The molecule has 2 aromatic carbocycles. The van der Waals surface area contributed by atoms with Crippen LogP contribution in [0.2, 0.25) is 10.0 Å². The number of fused-ring (bicyclic) bond motifs is 1. The fraction of sp³-hybridized carbons (Fsp3) is 0.100. The second-order valence-electron chi connectivity index (χ2n) is 5.83. The molecule has 0 atom stereocenters. The molecule has 1 N–H and O–H groups in total. The van der Waals surface area contributed by atoms with E-state index < -0.39 is 0 Å². The minimum absolute atomic E-state index is 0.184. The van der Waals surface area contributed by atoms with Crippen molar-refractivity contribution in [1.82, 2.24) is 4.98 Å². The highest BCUT2D eigenvalue weighted by atomic mass is 35.5. The summed E-state index contributed by atoms with van der Waals surface area (Å²) in [6.45, 7) is 2.40. The van der Waals surface area contributed by atoms with Crippen LogP contribution in [-0.4, -0.2) is 17.5 Å². The van der Waals surface area contributed by atoms with Gasteiger partial charge in [0.1, 0.15) is 0 Å². The van der Waals surface area contributed by atoms with E-state index in [9.17, 15) is 4.79 Å². The van der Waals surface area contributed by atoms with Gasteiger partial charge >= 0.3 is 0 Å². The Hall–Kier alpha value is -2.54. The first-order chi connectivity index (χ1) is 13.5. The van der Waals surface area contributed by atoms with Crippen LogP contribution in [0.15, 0.2) is 52.3 Å². The minimum atomic E-state index is -0.387. The molecule has 1 amide bonds. The number of rotatable bonds is 5.